The van der Waals surface area contributed by atoms with Gasteiger partial charge in [-0.25, -0.2) is 0 Å². The van der Waals surface area contributed by atoms with Crippen molar-refractivity contribution in [1.82, 2.24) is 4.90 Å². The second-order valence-electron chi connectivity index (χ2n) is 4.81. The van der Waals surface area contributed by atoms with E-state index >= 15 is 0 Å². The van der Waals surface area contributed by atoms with E-state index in [1.807, 2.05) is 0 Å². The zero-order valence-corrected chi connectivity index (χ0v) is 10.1. The normalized spacial score (nSPS) is 17.2. The molecule has 1 heterocycles. The predicted octanol–water partition coefficient (Wildman–Crippen LogP) is 1.18. The van der Waals surface area contributed by atoms with Gasteiger partial charge in [0, 0.05) is 51.9 Å². The van der Waals surface area contributed by atoms with Gasteiger partial charge in [0.25, 0.3) is 0 Å². The molecule has 0 aromatic heterocycles. The zero-order valence-electron chi connectivity index (χ0n) is 10.1. The van der Waals surface area contributed by atoms with Gasteiger partial charge in [-0.15, -0.1) is 0 Å². The molecule has 1 aromatic carbocycles. The van der Waals surface area contributed by atoms with E-state index < -0.39 is 0 Å². The van der Waals surface area contributed by atoms with Crippen LogP contribution in [0.25, 0.3) is 0 Å². The SMILES string of the molecule is CN(C)c1cccc(CN2CC(CO)C2)c1. The van der Waals surface area contributed by atoms with Crippen LogP contribution in [0.4, 0.5) is 5.69 Å². The van der Waals surface area contributed by atoms with Crippen LogP contribution in [0.15, 0.2) is 24.3 Å². The van der Waals surface area contributed by atoms with Crippen LogP contribution in [0.1, 0.15) is 5.56 Å². The number of nitrogens with zero attached hydrogens (tertiary/aromatic N) is 2. The summed E-state index contributed by atoms with van der Waals surface area (Å²) in [7, 11) is 4.12. The molecule has 88 valence electrons. The maximum Gasteiger partial charge on any atom is 0.0483 e. The van der Waals surface area contributed by atoms with Gasteiger partial charge in [0.15, 0.2) is 0 Å². The van der Waals surface area contributed by atoms with Gasteiger partial charge in [-0.05, 0) is 17.7 Å². The van der Waals surface area contributed by atoms with Crippen LogP contribution in [0.5, 0.6) is 0 Å². The van der Waals surface area contributed by atoms with Crippen molar-refractivity contribution in [2.24, 2.45) is 5.92 Å². The van der Waals surface area contributed by atoms with Crippen LogP contribution < -0.4 is 4.90 Å². The average Bonchev–Trinajstić information content (AvgIpc) is 2.23. The number of hydrogen-bond acceptors (Lipinski definition) is 3. The van der Waals surface area contributed by atoms with Crippen molar-refractivity contribution < 1.29 is 5.11 Å². The molecule has 0 spiro atoms. The standard InChI is InChI=1S/C13H20N2O/c1-14(2)13-5-3-4-11(6-13)7-15-8-12(9-15)10-16/h3-6,12,16H,7-10H2,1-2H3. The molecular weight excluding hydrogens is 200 g/mol. The van der Waals surface area contributed by atoms with Crippen LogP contribution in [0.3, 0.4) is 0 Å². The molecule has 16 heavy (non-hydrogen) atoms. The summed E-state index contributed by atoms with van der Waals surface area (Å²) >= 11 is 0. The summed E-state index contributed by atoms with van der Waals surface area (Å²) < 4.78 is 0. The molecule has 1 fully saturated rings. The molecule has 0 amide bonds. The lowest BCUT2D eigenvalue weighted by Gasteiger charge is -2.38. The highest BCUT2D eigenvalue weighted by molar-refractivity contribution is 5.47. The first-order valence-electron chi connectivity index (χ1n) is 5.78. The van der Waals surface area contributed by atoms with Crippen molar-refractivity contribution >= 4 is 5.69 Å². The third-order valence-corrected chi connectivity index (χ3v) is 3.12. The zero-order chi connectivity index (χ0) is 11.5. The number of anilines is 1. The van der Waals surface area contributed by atoms with Crippen LogP contribution in [0.2, 0.25) is 0 Å². The molecule has 0 atom stereocenters. The van der Waals surface area contributed by atoms with Gasteiger partial charge in [-0.2, -0.15) is 0 Å². The van der Waals surface area contributed by atoms with E-state index in [9.17, 15) is 0 Å². The Labute approximate surface area is 97.3 Å². The topological polar surface area (TPSA) is 26.7 Å². The van der Waals surface area contributed by atoms with E-state index in [0.29, 0.717) is 12.5 Å². The van der Waals surface area contributed by atoms with Gasteiger partial charge in [0.1, 0.15) is 0 Å². The lowest BCUT2D eigenvalue weighted by molar-refractivity contribution is 0.0479. The summed E-state index contributed by atoms with van der Waals surface area (Å²) in [5.74, 6) is 0.497. The minimum absolute atomic E-state index is 0.328. The van der Waals surface area contributed by atoms with Gasteiger partial charge < -0.3 is 10.0 Å². The van der Waals surface area contributed by atoms with Crippen molar-refractivity contribution in [1.29, 1.82) is 0 Å². The first-order valence-corrected chi connectivity index (χ1v) is 5.78. The lowest BCUT2D eigenvalue weighted by atomic mass is 10.0. The first kappa shape index (κ1) is 11.4. The smallest absolute Gasteiger partial charge is 0.0483 e. The first-order chi connectivity index (χ1) is 7.69. The average molecular weight is 220 g/mol. The number of rotatable bonds is 4. The fourth-order valence-electron chi connectivity index (χ4n) is 2.11. The highest BCUT2D eigenvalue weighted by Crippen LogP contribution is 2.20. The molecule has 3 heteroatoms. The quantitative estimate of drug-likeness (QED) is 0.825. The summed E-state index contributed by atoms with van der Waals surface area (Å²) in [5, 5.41) is 8.95. The van der Waals surface area contributed by atoms with Gasteiger partial charge in [-0.3, -0.25) is 4.90 Å². The van der Waals surface area contributed by atoms with E-state index in [1.54, 1.807) is 0 Å². The molecule has 0 unspecified atom stereocenters. The molecule has 0 aliphatic carbocycles. The Morgan fingerprint density at radius 3 is 2.75 bits per heavy atom. The van der Waals surface area contributed by atoms with Crippen LogP contribution in [-0.2, 0) is 6.54 Å². The minimum Gasteiger partial charge on any atom is -0.396 e. The van der Waals surface area contributed by atoms with E-state index in [1.165, 1.54) is 11.3 Å². The number of aliphatic hydroxyl groups excluding tert-OH is 1. The summed E-state index contributed by atoms with van der Waals surface area (Å²) in [6, 6.07) is 8.62. The Balaban J connectivity index is 1.92. The Morgan fingerprint density at radius 1 is 1.38 bits per heavy atom. The Kier molecular flexibility index (Phi) is 3.46. The van der Waals surface area contributed by atoms with E-state index in [0.717, 1.165) is 19.6 Å². The van der Waals surface area contributed by atoms with Crippen molar-refractivity contribution in [2.45, 2.75) is 6.54 Å². The monoisotopic (exact) mass is 220 g/mol. The molecular formula is C13H20N2O. The van der Waals surface area contributed by atoms with Crippen LogP contribution in [0, 0.1) is 5.92 Å². The van der Waals surface area contributed by atoms with Gasteiger partial charge in [-0.1, -0.05) is 12.1 Å². The maximum atomic E-state index is 8.95. The third-order valence-electron chi connectivity index (χ3n) is 3.12. The fourth-order valence-corrected chi connectivity index (χ4v) is 2.11. The molecule has 0 radical (unpaired) electrons. The van der Waals surface area contributed by atoms with Crippen molar-refractivity contribution in [3.8, 4) is 0 Å². The molecule has 1 N–H and O–H groups in total. The molecule has 2 rings (SSSR count). The highest BCUT2D eigenvalue weighted by Gasteiger charge is 2.25. The highest BCUT2D eigenvalue weighted by atomic mass is 16.3. The van der Waals surface area contributed by atoms with Crippen molar-refractivity contribution in [3.05, 3.63) is 29.8 Å². The number of hydrogen-bond donors (Lipinski definition) is 1. The lowest BCUT2D eigenvalue weighted by Crippen LogP contribution is -2.47. The van der Waals surface area contributed by atoms with Crippen LogP contribution in [-0.4, -0.2) is 43.8 Å². The summed E-state index contributed by atoms with van der Waals surface area (Å²) in [5.41, 5.74) is 2.60. The minimum atomic E-state index is 0.328. The van der Waals surface area contributed by atoms with Gasteiger partial charge in [0.2, 0.25) is 0 Å². The van der Waals surface area contributed by atoms with Crippen molar-refractivity contribution in [3.63, 3.8) is 0 Å². The molecule has 0 bridgehead atoms. The molecule has 1 aliphatic rings. The van der Waals surface area contributed by atoms with Crippen LogP contribution >= 0.6 is 0 Å². The number of aliphatic hydroxyl groups is 1. The molecule has 1 aliphatic heterocycles. The second-order valence-corrected chi connectivity index (χ2v) is 4.81. The van der Waals surface area contributed by atoms with E-state index in [-0.39, 0.29) is 0 Å². The summed E-state index contributed by atoms with van der Waals surface area (Å²) in [4.78, 5) is 4.49. The Bertz CT molecular complexity index is 346. The molecule has 0 saturated carbocycles. The predicted molar refractivity (Wildman–Crippen MR) is 66.6 cm³/mol. The molecule has 1 saturated heterocycles. The van der Waals surface area contributed by atoms with Crippen molar-refractivity contribution in [2.75, 3.05) is 38.7 Å². The van der Waals surface area contributed by atoms with E-state index in [4.69, 9.17) is 5.11 Å². The molecule has 3 nitrogen and oxygen atoms in total. The van der Waals surface area contributed by atoms with E-state index in [2.05, 4.69) is 48.2 Å². The number of benzene rings is 1. The second kappa shape index (κ2) is 4.85. The van der Waals surface area contributed by atoms with Gasteiger partial charge >= 0.3 is 0 Å². The Morgan fingerprint density at radius 2 is 2.12 bits per heavy atom. The fraction of sp³-hybridized carbons (Fsp3) is 0.538. The summed E-state index contributed by atoms with van der Waals surface area (Å²) in [6.45, 7) is 3.39. The molecule has 1 aromatic rings. The Hall–Kier alpha value is -1.06. The maximum absolute atomic E-state index is 8.95. The summed E-state index contributed by atoms with van der Waals surface area (Å²) in [6.07, 6.45) is 0. The third kappa shape index (κ3) is 2.54. The largest absolute Gasteiger partial charge is 0.396 e. The van der Waals surface area contributed by atoms with Gasteiger partial charge in [0.05, 0.1) is 0 Å². The number of likely N-dealkylation sites (tertiary alicyclic amines) is 1.